The largest absolute Gasteiger partial charge is 0.491 e. The van der Waals surface area contributed by atoms with Crippen molar-refractivity contribution in [3.63, 3.8) is 0 Å². The van der Waals surface area contributed by atoms with E-state index in [4.69, 9.17) is 9.47 Å². The highest BCUT2D eigenvalue weighted by Crippen LogP contribution is 2.47. The van der Waals surface area contributed by atoms with Crippen LogP contribution < -0.4 is 9.47 Å². The summed E-state index contributed by atoms with van der Waals surface area (Å²) in [5.41, 5.74) is 2.35. The molecule has 208 valence electrons. The average molecular weight is 1170 g/mol. The van der Waals surface area contributed by atoms with Gasteiger partial charge in [-0.05, 0) is 73.7 Å². The molecule has 0 saturated carbocycles. The fourth-order valence-electron chi connectivity index (χ4n) is 4.19. The molecule has 4 rings (SSSR count). The molecule has 4 aromatic rings. The predicted molar refractivity (Wildman–Crippen MR) is 201 cm³/mol. The molecule has 0 N–H and O–H groups in total. The maximum atomic E-state index is 6.32. The molecule has 2 atom stereocenters. The predicted octanol–water partition coefficient (Wildman–Crippen LogP) is 13.2. The maximum Gasteiger partial charge on any atom is 0.142 e. The van der Waals surface area contributed by atoms with Crippen LogP contribution in [-0.2, 0) is 6.42 Å². The van der Waals surface area contributed by atoms with Gasteiger partial charge in [-0.1, -0.05) is 140 Å². The summed E-state index contributed by atoms with van der Waals surface area (Å²) in [5.74, 6) is 1.62. The van der Waals surface area contributed by atoms with Crippen LogP contribution in [0.25, 0.3) is 21.5 Å². The molecule has 0 heterocycles. The van der Waals surface area contributed by atoms with Gasteiger partial charge in [0.1, 0.15) is 24.7 Å². The van der Waals surface area contributed by atoms with Gasteiger partial charge in [0.15, 0.2) is 0 Å². The molecule has 0 amide bonds. The summed E-state index contributed by atoms with van der Waals surface area (Å²) in [7, 11) is 0. The third-order valence-electron chi connectivity index (χ3n) is 5.89. The average Bonchev–Trinajstić information content (AvgIpc) is 2.90. The Morgan fingerprint density at radius 3 is 1.26 bits per heavy atom. The Labute approximate surface area is 311 Å². The number of fused-ring (bicyclic) bond motifs is 2. The molecule has 0 radical (unpaired) electrons. The Morgan fingerprint density at radius 2 is 0.897 bits per heavy atom. The van der Waals surface area contributed by atoms with E-state index < -0.39 is 0 Å². The van der Waals surface area contributed by atoms with Crippen molar-refractivity contribution in [3.8, 4) is 11.5 Å². The van der Waals surface area contributed by atoms with E-state index in [1.165, 1.54) is 11.1 Å². The number of rotatable bonds is 10. The molecule has 0 spiro atoms. The quantitative estimate of drug-likeness (QED) is 0.147. The standard InChI is InChI=1S/C27H18Br10O2/c28-8-14(30)10-38-26-20(36)6-18(34)22-12(1-3-16(32)24(22)26)5-13-2-4-17(33)25-23(13)19(35)7-21(37)27(25)39-11-15(31)9-29/h1-4,6-7,14-15H,5,8-11H2. The number of ether oxygens (including phenoxy) is 2. The summed E-state index contributed by atoms with van der Waals surface area (Å²) in [6, 6.07) is 12.6. The number of benzene rings is 4. The van der Waals surface area contributed by atoms with Crippen LogP contribution in [0.2, 0.25) is 0 Å². The van der Waals surface area contributed by atoms with Crippen LogP contribution in [0.5, 0.6) is 11.5 Å². The molecule has 0 fully saturated rings. The second-order valence-corrected chi connectivity index (χ2v) is 17.6. The lowest BCUT2D eigenvalue weighted by Crippen LogP contribution is -2.13. The summed E-state index contributed by atoms with van der Waals surface area (Å²) in [6.07, 6.45) is 0.706. The lowest BCUT2D eigenvalue weighted by molar-refractivity contribution is 0.327. The van der Waals surface area contributed by atoms with Gasteiger partial charge in [0, 0.05) is 50.1 Å². The Morgan fingerprint density at radius 1 is 0.513 bits per heavy atom. The van der Waals surface area contributed by atoms with Crippen molar-refractivity contribution >= 4 is 181 Å². The molecule has 0 aliphatic heterocycles. The minimum absolute atomic E-state index is 0.196. The first-order valence-corrected chi connectivity index (χ1v) is 20.2. The van der Waals surface area contributed by atoms with Crippen molar-refractivity contribution in [3.05, 3.63) is 74.4 Å². The molecule has 0 aromatic heterocycles. The van der Waals surface area contributed by atoms with Gasteiger partial charge in [-0.15, -0.1) is 0 Å². The highest BCUT2D eigenvalue weighted by molar-refractivity contribution is 9.13. The number of hydrogen-bond donors (Lipinski definition) is 0. The second-order valence-electron chi connectivity index (χ2n) is 8.55. The Hall–Kier alpha value is 1.80. The van der Waals surface area contributed by atoms with E-state index in [9.17, 15) is 0 Å². The van der Waals surface area contributed by atoms with Gasteiger partial charge >= 0.3 is 0 Å². The Bertz CT molecular complexity index is 1410. The Kier molecular flexibility index (Phi) is 13.1. The van der Waals surface area contributed by atoms with Gasteiger partial charge in [-0.25, -0.2) is 0 Å². The van der Waals surface area contributed by atoms with Gasteiger partial charge in [0.2, 0.25) is 0 Å². The van der Waals surface area contributed by atoms with Crippen LogP contribution >= 0.6 is 159 Å². The molecular formula is C27H18Br10O2. The van der Waals surface area contributed by atoms with Gasteiger partial charge in [0.05, 0.1) is 18.6 Å². The molecular weight excluding hydrogens is 1160 g/mol. The van der Waals surface area contributed by atoms with E-state index in [0.29, 0.717) is 19.6 Å². The lowest BCUT2D eigenvalue weighted by atomic mass is 9.94. The van der Waals surface area contributed by atoms with Gasteiger partial charge in [0.25, 0.3) is 0 Å². The molecule has 0 aliphatic carbocycles. The highest BCUT2D eigenvalue weighted by Gasteiger charge is 2.21. The van der Waals surface area contributed by atoms with E-state index in [0.717, 1.165) is 70.5 Å². The molecule has 0 bridgehead atoms. The molecule has 0 saturated heterocycles. The van der Waals surface area contributed by atoms with Crippen LogP contribution in [0, 0.1) is 0 Å². The molecule has 12 heteroatoms. The van der Waals surface area contributed by atoms with Crippen molar-refractivity contribution in [2.45, 2.75) is 16.1 Å². The first-order chi connectivity index (χ1) is 18.6. The summed E-state index contributed by atoms with van der Waals surface area (Å²) in [4.78, 5) is 0.392. The zero-order valence-corrected chi connectivity index (χ0v) is 35.6. The zero-order chi connectivity index (χ0) is 28.4. The van der Waals surface area contributed by atoms with E-state index >= 15 is 0 Å². The minimum atomic E-state index is 0.196. The van der Waals surface area contributed by atoms with Gasteiger partial charge in [-0.2, -0.15) is 0 Å². The van der Waals surface area contributed by atoms with Crippen LogP contribution in [0.1, 0.15) is 11.1 Å². The molecule has 4 aromatic carbocycles. The summed E-state index contributed by atoms with van der Waals surface area (Å²) in [5, 5.41) is 5.85. The van der Waals surface area contributed by atoms with Crippen molar-refractivity contribution in [1.29, 1.82) is 0 Å². The van der Waals surface area contributed by atoms with Crippen molar-refractivity contribution in [2.24, 2.45) is 0 Å². The van der Waals surface area contributed by atoms with E-state index in [2.05, 4.69) is 196 Å². The first kappa shape index (κ1) is 33.7. The monoisotopic (exact) mass is 1160 g/mol. The lowest BCUT2D eigenvalue weighted by Gasteiger charge is -2.20. The van der Waals surface area contributed by atoms with Crippen molar-refractivity contribution in [1.82, 2.24) is 0 Å². The Balaban J connectivity index is 1.88. The third kappa shape index (κ3) is 7.72. The molecule has 2 unspecified atom stereocenters. The first-order valence-electron chi connectivity index (χ1n) is 11.4. The van der Waals surface area contributed by atoms with Gasteiger partial charge in [-0.3, -0.25) is 0 Å². The highest BCUT2D eigenvalue weighted by atomic mass is 79.9. The smallest absolute Gasteiger partial charge is 0.142 e. The summed E-state index contributed by atoms with van der Waals surface area (Å²) < 4.78 is 18.4. The topological polar surface area (TPSA) is 18.5 Å². The van der Waals surface area contributed by atoms with Gasteiger partial charge < -0.3 is 9.47 Å². The maximum absolute atomic E-state index is 6.32. The van der Waals surface area contributed by atoms with E-state index in [-0.39, 0.29) is 9.65 Å². The molecule has 39 heavy (non-hydrogen) atoms. The van der Waals surface area contributed by atoms with E-state index in [1.807, 2.05) is 0 Å². The summed E-state index contributed by atoms with van der Waals surface area (Å²) >= 11 is 37.0. The SMILES string of the molecule is BrCC(Br)COc1c(Br)cc(Br)c2c(Cc3ccc(Br)c4c(OCC(Br)CBr)c(Br)cc(Br)c34)ccc(Br)c12. The minimum Gasteiger partial charge on any atom is -0.491 e. The number of alkyl halides is 4. The van der Waals surface area contributed by atoms with E-state index in [1.54, 1.807) is 0 Å². The van der Waals surface area contributed by atoms with Crippen molar-refractivity contribution < 1.29 is 9.47 Å². The van der Waals surface area contributed by atoms with Crippen LogP contribution in [0.4, 0.5) is 0 Å². The van der Waals surface area contributed by atoms with Crippen LogP contribution in [0.15, 0.2) is 63.2 Å². The third-order valence-corrected chi connectivity index (χ3v) is 14.1. The van der Waals surface area contributed by atoms with Crippen LogP contribution in [0.3, 0.4) is 0 Å². The fourth-order valence-corrected chi connectivity index (χ4v) is 8.91. The van der Waals surface area contributed by atoms with Crippen LogP contribution in [-0.4, -0.2) is 33.5 Å². The fraction of sp³-hybridized carbons (Fsp3) is 0.259. The van der Waals surface area contributed by atoms with Crippen molar-refractivity contribution in [2.75, 3.05) is 23.9 Å². The molecule has 2 nitrogen and oxygen atoms in total. The second kappa shape index (κ2) is 15.2. The normalized spacial score (nSPS) is 13.2. The molecule has 0 aliphatic rings. The summed E-state index contributed by atoms with van der Waals surface area (Å²) in [6.45, 7) is 1.06. The number of hydrogen-bond acceptors (Lipinski definition) is 2. The zero-order valence-electron chi connectivity index (χ0n) is 19.8. The number of halogens is 10.